The molecule has 1 N–H and O–H groups in total. The topological polar surface area (TPSA) is 110 Å². The van der Waals surface area contributed by atoms with Gasteiger partial charge in [-0.1, -0.05) is 0 Å². The van der Waals surface area contributed by atoms with Gasteiger partial charge in [0, 0.05) is 11.9 Å². The largest absolute Gasteiger partial charge is 3.00 e. The van der Waals surface area contributed by atoms with Gasteiger partial charge in [-0.2, -0.15) is 0 Å². The van der Waals surface area contributed by atoms with Crippen LogP contribution in [0.3, 0.4) is 0 Å². The van der Waals surface area contributed by atoms with E-state index in [0.29, 0.717) is 0 Å². The average Bonchev–Trinajstić information content (AvgIpc) is 2.85. The fourth-order valence-corrected chi connectivity index (χ4v) is 0.638. The Labute approximate surface area is 101 Å². The molecule has 0 aromatic carbocycles. The summed E-state index contributed by atoms with van der Waals surface area (Å²) in [5.41, 5.74) is 0. The summed E-state index contributed by atoms with van der Waals surface area (Å²) in [6.07, 6.45) is 3.34. The number of hydrogen-bond donors (Lipinski definition) is 0. The first kappa shape index (κ1) is 16.2. The third-order valence-electron chi connectivity index (χ3n) is 1.82. The monoisotopic (exact) mass is 302 g/mol. The number of rotatable bonds is 2. The number of carbonyl (C=O) groups excluding carboxylic acids is 2. The molecule has 0 heterocycles. The summed E-state index contributed by atoms with van der Waals surface area (Å²) in [6, 6.07) is 0. The maximum Gasteiger partial charge on any atom is 3.00 e. The molecule has 14 heavy (non-hydrogen) atoms. The van der Waals surface area contributed by atoms with Gasteiger partial charge in [-0.25, -0.2) is 0 Å². The van der Waals surface area contributed by atoms with Gasteiger partial charge in [-0.05, 0) is 37.5 Å². The van der Waals surface area contributed by atoms with E-state index >= 15 is 0 Å². The molecular weight excluding hydrogens is 291 g/mol. The molecule has 2 aliphatic rings. The van der Waals surface area contributed by atoms with Crippen molar-refractivity contribution in [3.8, 4) is 0 Å². The molecule has 0 aromatic heterocycles. The molecule has 0 aromatic rings. The van der Waals surface area contributed by atoms with Crippen molar-refractivity contribution >= 4 is 37.8 Å². The van der Waals surface area contributed by atoms with E-state index in [-0.39, 0.29) is 43.2 Å². The summed E-state index contributed by atoms with van der Waals surface area (Å²) in [5, 5.41) is 19.3. The Morgan fingerprint density at radius 3 is 1.07 bits per heavy atom. The van der Waals surface area contributed by atoms with Gasteiger partial charge in [-0.3, -0.25) is 0 Å². The molecule has 2 aliphatic carbocycles. The Morgan fingerprint density at radius 1 is 0.857 bits per heavy atom. The Kier molecular flexibility index (Phi) is 8.24. The van der Waals surface area contributed by atoms with E-state index in [1.54, 1.807) is 0 Å². The molecule has 0 amide bonds. The van der Waals surface area contributed by atoms with Gasteiger partial charge in [0.1, 0.15) is 0 Å². The van der Waals surface area contributed by atoms with Crippen LogP contribution >= 0.6 is 0 Å². The third kappa shape index (κ3) is 7.20. The molecule has 2 rings (SSSR count). The van der Waals surface area contributed by atoms with Crippen LogP contribution in [0.15, 0.2) is 0 Å². The standard InChI is InChI=1S/2C4H6O2.In.H2O/c2*5-4(6)3-1-2-3;;/h2*3H,1-2H2,(H,5,6);;1H2/q;;+3;/p-3. The van der Waals surface area contributed by atoms with Crippen molar-refractivity contribution < 1.29 is 25.3 Å². The summed E-state index contributed by atoms with van der Waals surface area (Å²) in [6.45, 7) is 0. The molecule has 0 aliphatic heterocycles. The summed E-state index contributed by atoms with van der Waals surface area (Å²) in [5.74, 6) is -1.94. The van der Waals surface area contributed by atoms with Crippen LogP contribution in [0.4, 0.5) is 0 Å². The Balaban J connectivity index is 0. The van der Waals surface area contributed by atoms with Crippen LogP contribution in [-0.2, 0) is 9.59 Å². The zero-order chi connectivity index (χ0) is 9.14. The molecule has 0 spiro atoms. The predicted octanol–water partition coefficient (Wildman–Crippen LogP) is -2.26. The van der Waals surface area contributed by atoms with Crippen LogP contribution in [0.2, 0.25) is 0 Å². The summed E-state index contributed by atoms with van der Waals surface area (Å²) < 4.78 is 0. The fourth-order valence-electron chi connectivity index (χ4n) is 0.638. The zero-order valence-electron chi connectivity index (χ0n) is 7.64. The van der Waals surface area contributed by atoms with E-state index in [1.165, 1.54) is 0 Å². The first-order valence-corrected chi connectivity index (χ1v) is 4.03. The molecule has 2 fully saturated rings. The van der Waals surface area contributed by atoms with Crippen molar-refractivity contribution in [1.82, 2.24) is 0 Å². The van der Waals surface area contributed by atoms with Crippen molar-refractivity contribution in [2.45, 2.75) is 25.7 Å². The van der Waals surface area contributed by atoms with Crippen molar-refractivity contribution in [2.75, 3.05) is 0 Å². The van der Waals surface area contributed by atoms with Crippen molar-refractivity contribution in [3.63, 3.8) is 0 Å². The van der Waals surface area contributed by atoms with E-state index in [2.05, 4.69) is 0 Å². The molecule has 76 valence electrons. The first-order valence-electron chi connectivity index (χ1n) is 4.03. The van der Waals surface area contributed by atoms with Gasteiger partial charge in [0.05, 0.1) is 0 Å². The van der Waals surface area contributed by atoms with E-state index in [0.717, 1.165) is 25.7 Å². The zero-order valence-corrected chi connectivity index (χ0v) is 10.9. The smallest absolute Gasteiger partial charge is 0.870 e. The van der Waals surface area contributed by atoms with Crippen LogP contribution < -0.4 is 10.2 Å². The van der Waals surface area contributed by atoms with E-state index in [4.69, 9.17) is 0 Å². The van der Waals surface area contributed by atoms with Gasteiger partial charge < -0.3 is 25.3 Å². The molecule has 0 atom stereocenters. The van der Waals surface area contributed by atoms with Crippen molar-refractivity contribution in [2.24, 2.45) is 11.8 Å². The summed E-state index contributed by atoms with van der Waals surface area (Å²) in [4.78, 5) is 19.3. The molecule has 0 unspecified atom stereocenters. The minimum atomic E-state index is -0.880. The number of hydrogen-bond acceptors (Lipinski definition) is 5. The normalized spacial score (nSPS) is 17.7. The SMILES string of the molecule is O=C([O-])C1CC1.O=C([O-])C1CC1.[In+3].[OH-]. The third-order valence-corrected chi connectivity index (χ3v) is 1.82. The number of carboxylic acid groups (broad SMARTS) is 2. The van der Waals surface area contributed by atoms with Crippen molar-refractivity contribution in [3.05, 3.63) is 0 Å². The minimum absolute atomic E-state index is 0. The summed E-state index contributed by atoms with van der Waals surface area (Å²) in [7, 11) is 0. The number of carboxylic acids is 2. The van der Waals surface area contributed by atoms with Gasteiger partial charge in [-0.15, -0.1) is 0 Å². The Bertz CT molecular complexity index is 176. The Hall–Kier alpha value is -0.230. The molecule has 0 bridgehead atoms. The van der Waals surface area contributed by atoms with Crippen LogP contribution in [0.5, 0.6) is 0 Å². The van der Waals surface area contributed by atoms with E-state index < -0.39 is 11.9 Å². The van der Waals surface area contributed by atoms with Crippen LogP contribution in [0.1, 0.15) is 25.7 Å². The molecular formula is C8H11InO5. The second kappa shape index (κ2) is 7.11. The van der Waals surface area contributed by atoms with E-state index in [1.807, 2.05) is 0 Å². The average molecular weight is 302 g/mol. The summed E-state index contributed by atoms with van der Waals surface area (Å²) >= 11 is 0. The van der Waals surface area contributed by atoms with E-state index in [9.17, 15) is 19.8 Å². The van der Waals surface area contributed by atoms with Gasteiger partial charge in [0.15, 0.2) is 0 Å². The number of aliphatic carboxylic acids is 2. The molecule has 5 nitrogen and oxygen atoms in total. The van der Waals surface area contributed by atoms with Crippen LogP contribution in [-0.4, -0.2) is 43.3 Å². The Morgan fingerprint density at radius 2 is 1.07 bits per heavy atom. The first-order chi connectivity index (χ1) is 5.61. The van der Waals surface area contributed by atoms with Gasteiger partial charge in [0.2, 0.25) is 0 Å². The number of carbonyl (C=O) groups is 2. The predicted molar refractivity (Wildman–Crippen MR) is 43.2 cm³/mol. The fraction of sp³-hybridized carbons (Fsp3) is 0.750. The van der Waals surface area contributed by atoms with Crippen LogP contribution in [0, 0.1) is 11.8 Å². The quantitative estimate of drug-likeness (QED) is 0.571. The van der Waals surface area contributed by atoms with Crippen molar-refractivity contribution in [1.29, 1.82) is 0 Å². The molecule has 0 radical (unpaired) electrons. The maximum atomic E-state index is 9.65. The van der Waals surface area contributed by atoms with Crippen LogP contribution in [0.25, 0.3) is 0 Å². The molecule has 0 saturated heterocycles. The minimum Gasteiger partial charge on any atom is -0.870 e. The van der Waals surface area contributed by atoms with Gasteiger partial charge >= 0.3 is 25.8 Å². The second-order valence-corrected chi connectivity index (χ2v) is 3.19. The van der Waals surface area contributed by atoms with Gasteiger partial charge in [0.25, 0.3) is 0 Å². The molecule has 6 heteroatoms. The molecule has 2 saturated carbocycles. The second-order valence-electron chi connectivity index (χ2n) is 3.19. The maximum absolute atomic E-state index is 9.65.